The summed E-state index contributed by atoms with van der Waals surface area (Å²) < 4.78 is 20.2. The van der Waals surface area contributed by atoms with Crippen LogP contribution in [0.25, 0.3) is 6.08 Å². The largest absolute Gasteiger partial charge is 0.497 e. The van der Waals surface area contributed by atoms with Gasteiger partial charge in [0, 0.05) is 10.6 Å². The van der Waals surface area contributed by atoms with Crippen molar-refractivity contribution in [1.29, 1.82) is 0 Å². The minimum Gasteiger partial charge on any atom is -0.497 e. The number of fused-ring (bicyclic) bond motifs is 1. The molecule has 4 aromatic rings. The van der Waals surface area contributed by atoms with Gasteiger partial charge < -0.3 is 14.2 Å². The Kier molecular flexibility index (Phi) is 9.37. The third-order valence-corrected chi connectivity index (χ3v) is 9.13. The lowest BCUT2D eigenvalue weighted by molar-refractivity contribution is -0.139. The van der Waals surface area contributed by atoms with Gasteiger partial charge in [-0.15, -0.1) is 0 Å². The van der Waals surface area contributed by atoms with Gasteiger partial charge in [-0.05, 0) is 93.2 Å². The number of rotatable bonds is 8. The second-order valence-corrected chi connectivity index (χ2v) is 12.4. The first-order valence-corrected chi connectivity index (χ1v) is 15.7. The Hall–Kier alpha value is -3.18. The molecule has 216 valence electrons. The van der Waals surface area contributed by atoms with E-state index in [4.69, 9.17) is 25.8 Å². The van der Waals surface area contributed by atoms with E-state index in [1.54, 1.807) is 43.7 Å². The zero-order valence-electron chi connectivity index (χ0n) is 22.8. The lowest BCUT2D eigenvalue weighted by Crippen LogP contribution is -2.39. The van der Waals surface area contributed by atoms with Crippen molar-refractivity contribution in [3.8, 4) is 11.5 Å². The van der Waals surface area contributed by atoms with Crippen molar-refractivity contribution in [1.82, 2.24) is 4.57 Å². The number of carbonyl (C=O) groups is 1. The molecule has 1 aromatic heterocycles. The maximum atomic E-state index is 13.9. The van der Waals surface area contributed by atoms with Crippen molar-refractivity contribution in [2.75, 3.05) is 13.7 Å². The first-order valence-electron chi connectivity index (χ1n) is 12.9. The van der Waals surface area contributed by atoms with Crippen molar-refractivity contribution >= 4 is 66.8 Å². The third kappa shape index (κ3) is 6.13. The molecule has 0 spiro atoms. The molecule has 0 radical (unpaired) electrons. The smallest absolute Gasteiger partial charge is 0.338 e. The van der Waals surface area contributed by atoms with Gasteiger partial charge in [0.05, 0.1) is 44.5 Å². The zero-order valence-corrected chi connectivity index (χ0v) is 27.6. The molecule has 1 aliphatic heterocycles. The predicted octanol–water partition coefficient (Wildman–Crippen LogP) is 6.56. The molecule has 11 heteroatoms. The van der Waals surface area contributed by atoms with Crippen LogP contribution in [-0.4, -0.2) is 24.3 Å². The molecule has 0 aliphatic carbocycles. The molecule has 0 bridgehead atoms. The molecule has 7 nitrogen and oxygen atoms in total. The summed E-state index contributed by atoms with van der Waals surface area (Å²) in [6.07, 6.45) is 1.80. The molecule has 0 saturated heterocycles. The highest BCUT2D eigenvalue weighted by Gasteiger charge is 2.33. The van der Waals surface area contributed by atoms with Crippen LogP contribution in [0.1, 0.15) is 36.6 Å². The third-order valence-electron chi connectivity index (χ3n) is 6.60. The van der Waals surface area contributed by atoms with Crippen molar-refractivity contribution in [2.24, 2.45) is 4.99 Å². The Morgan fingerprint density at radius 3 is 2.45 bits per heavy atom. The molecule has 42 heavy (non-hydrogen) atoms. The van der Waals surface area contributed by atoms with Crippen molar-refractivity contribution < 1.29 is 19.0 Å². The Morgan fingerprint density at radius 2 is 1.81 bits per heavy atom. The van der Waals surface area contributed by atoms with E-state index in [0.717, 1.165) is 16.7 Å². The van der Waals surface area contributed by atoms with Crippen LogP contribution in [-0.2, 0) is 16.1 Å². The molecule has 0 unspecified atom stereocenters. The summed E-state index contributed by atoms with van der Waals surface area (Å²) >= 11 is 14.7. The lowest BCUT2D eigenvalue weighted by Gasteiger charge is -2.24. The predicted molar refractivity (Wildman–Crippen MR) is 171 cm³/mol. The van der Waals surface area contributed by atoms with Crippen LogP contribution in [0, 0.1) is 0 Å². The van der Waals surface area contributed by atoms with Gasteiger partial charge in [0.2, 0.25) is 0 Å². The molecule has 1 aliphatic rings. The topological polar surface area (TPSA) is 79.1 Å². The second kappa shape index (κ2) is 13.0. The summed E-state index contributed by atoms with van der Waals surface area (Å²) in [5, 5.41) is 0.631. The average molecular weight is 733 g/mol. The molecule has 3 aromatic carbocycles. The van der Waals surface area contributed by atoms with E-state index in [1.807, 2.05) is 48.5 Å². The molecule has 1 atom stereocenters. The summed E-state index contributed by atoms with van der Waals surface area (Å²) in [7, 11) is 1.58. The first-order chi connectivity index (χ1) is 20.2. The van der Waals surface area contributed by atoms with Gasteiger partial charge in [-0.25, -0.2) is 9.79 Å². The van der Waals surface area contributed by atoms with E-state index in [1.165, 1.54) is 11.3 Å². The van der Waals surface area contributed by atoms with Gasteiger partial charge in [-0.2, -0.15) is 0 Å². The van der Waals surface area contributed by atoms with Crippen molar-refractivity contribution in [3.05, 3.63) is 122 Å². The molecule has 5 rings (SSSR count). The van der Waals surface area contributed by atoms with Crippen LogP contribution in [0.15, 0.2) is 90.7 Å². The Morgan fingerprint density at radius 1 is 1.12 bits per heavy atom. The van der Waals surface area contributed by atoms with Gasteiger partial charge >= 0.3 is 5.97 Å². The zero-order chi connectivity index (χ0) is 30.0. The number of thiazole rings is 1. The molecular formula is C31H25Br2ClN2O5S. The number of nitrogens with zero attached hydrogens (tertiary/aromatic N) is 2. The number of methoxy groups -OCH3 is 1. The van der Waals surface area contributed by atoms with Gasteiger partial charge in [0.25, 0.3) is 5.56 Å². The molecular weight excluding hydrogens is 708 g/mol. The normalized spacial score (nSPS) is 14.8. The standard InChI is InChI=1S/C31H25Br2ClN2O5S/c1-4-40-30(38)26-17(2)35-31-36(27(26)19-9-11-21(39-3)12-10-19)29(37)25(42-31)15-18-13-22(32)28(23(33)14-18)41-16-20-7-5-6-8-24(20)34/h5-15,27H,4,16H2,1-3H3/b25-15-/t27-/m1/s1. The number of ether oxygens (including phenoxy) is 3. The molecule has 0 fully saturated rings. The number of esters is 1. The van der Waals surface area contributed by atoms with E-state index in [9.17, 15) is 9.59 Å². The maximum absolute atomic E-state index is 13.9. The second-order valence-electron chi connectivity index (χ2n) is 9.27. The van der Waals surface area contributed by atoms with Crippen molar-refractivity contribution in [3.63, 3.8) is 0 Å². The van der Waals surface area contributed by atoms with Crippen molar-refractivity contribution in [2.45, 2.75) is 26.5 Å². The minimum absolute atomic E-state index is 0.206. The number of allylic oxidation sites excluding steroid dienone is 1. The molecule has 2 heterocycles. The number of carbonyl (C=O) groups excluding carboxylic acids is 1. The fourth-order valence-electron chi connectivity index (χ4n) is 4.61. The Bertz CT molecular complexity index is 1860. The summed E-state index contributed by atoms with van der Waals surface area (Å²) in [6.45, 7) is 4.00. The minimum atomic E-state index is -0.701. The van der Waals surface area contributed by atoms with Crippen LogP contribution in [0.4, 0.5) is 0 Å². The van der Waals surface area contributed by atoms with Crippen LogP contribution < -0.4 is 24.4 Å². The van der Waals surface area contributed by atoms with E-state index < -0.39 is 12.0 Å². The first kappa shape index (κ1) is 30.3. The number of hydrogen-bond acceptors (Lipinski definition) is 7. The highest BCUT2D eigenvalue weighted by atomic mass is 79.9. The Labute approximate surface area is 268 Å². The van der Waals surface area contributed by atoms with Crippen LogP contribution in [0.3, 0.4) is 0 Å². The lowest BCUT2D eigenvalue weighted by atomic mass is 9.96. The monoisotopic (exact) mass is 730 g/mol. The number of benzene rings is 3. The average Bonchev–Trinajstić information content (AvgIpc) is 3.26. The van der Waals surface area contributed by atoms with E-state index in [0.29, 0.717) is 52.7 Å². The maximum Gasteiger partial charge on any atom is 0.338 e. The van der Waals surface area contributed by atoms with Gasteiger partial charge in [0.15, 0.2) is 4.80 Å². The van der Waals surface area contributed by atoms with E-state index >= 15 is 0 Å². The summed E-state index contributed by atoms with van der Waals surface area (Å²) in [5.74, 6) is 0.775. The quantitative estimate of drug-likeness (QED) is 0.192. The van der Waals surface area contributed by atoms with Crippen LogP contribution in [0.2, 0.25) is 5.02 Å². The van der Waals surface area contributed by atoms with E-state index in [2.05, 4.69) is 36.9 Å². The summed E-state index contributed by atoms with van der Waals surface area (Å²) in [4.78, 5) is 32.1. The van der Waals surface area contributed by atoms with Crippen LogP contribution in [0.5, 0.6) is 11.5 Å². The number of hydrogen-bond donors (Lipinski definition) is 0. The highest BCUT2D eigenvalue weighted by Crippen LogP contribution is 2.36. The molecule has 0 amide bonds. The number of aromatic nitrogens is 1. The van der Waals surface area contributed by atoms with Gasteiger partial charge in [0.1, 0.15) is 18.1 Å². The molecule has 0 saturated carbocycles. The fraction of sp³-hybridized carbons (Fsp3) is 0.194. The van der Waals surface area contributed by atoms with Gasteiger partial charge in [-0.3, -0.25) is 9.36 Å². The van der Waals surface area contributed by atoms with Crippen LogP contribution >= 0.6 is 54.8 Å². The highest BCUT2D eigenvalue weighted by molar-refractivity contribution is 9.11. The SMILES string of the molecule is CCOC(=O)C1=C(C)N=c2s/c(=C\c3cc(Br)c(OCc4ccccc4Cl)c(Br)c3)c(=O)n2[C@@H]1c1ccc(OC)cc1. The summed E-state index contributed by atoms with van der Waals surface area (Å²) in [6, 6.07) is 17.8. The summed E-state index contributed by atoms with van der Waals surface area (Å²) in [5.41, 5.74) is 2.95. The van der Waals surface area contributed by atoms with Gasteiger partial charge in [-0.1, -0.05) is 53.3 Å². The Balaban J connectivity index is 1.56. The fourth-order valence-corrected chi connectivity index (χ4v) is 7.30. The number of halogens is 3. The van der Waals surface area contributed by atoms with E-state index in [-0.39, 0.29) is 12.2 Å². The molecule has 0 N–H and O–H groups in total.